The van der Waals surface area contributed by atoms with E-state index in [-0.39, 0.29) is 12.5 Å². The first-order valence-corrected chi connectivity index (χ1v) is 7.66. The van der Waals surface area contributed by atoms with Gasteiger partial charge in [0, 0.05) is 13.2 Å². The summed E-state index contributed by atoms with van der Waals surface area (Å²) in [6, 6.07) is 9.62. The summed E-state index contributed by atoms with van der Waals surface area (Å²) in [5.41, 5.74) is -0.512. The molecule has 0 aromatic heterocycles. The number of alkyl carbamates (subject to hydrolysis) is 1. The van der Waals surface area contributed by atoms with Crippen molar-refractivity contribution in [3.8, 4) is 5.75 Å². The fourth-order valence-corrected chi connectivity index (χ4v) is 1.88. The average Bonchev–Trinajstić information content (AvgIpc) is 2.46. The lowest BCUT2D eigenvalue weighted by Gasteiger charge is -2.21. The Morgan fingerprint density at radius 1 is 1.27 bits per heavy atom. The van der Waals surface area contributed by atoms with Gasteiger partial charge in [-0.05, 0) is 51.7 Å². The number of nitrogens with one attached hydrogen (secondary N) is 1. The van der Waals surface area contributed by atoms with Gasteiger partial charge in [0.15, 0.2) is 0 Å². The quantitative estimate of drug-likeness (QED) is 0.724. The van der Waals surface area contributed by atoms with Crippen LogP contribution in [0, 0.1) is 5.92 Å². The van der Waals surface area contributed by atoms with Crippen molar-refractivity contribution in [1.82, 2.24) is 5.32 Å². The molecule has 0 spiro atoms. The maximum absolute atomic E-state index is 11.6. The highest BCUT2D eigenvalue weighted by molar-refractivity contribution is 5.67. The third-order valence-electron chi connectivity index (χ3n) is 2.96. The van der Waals surface area contributed by atoms with Gasteiger partial charge in [-0.15, -0.1) is 0 Å². The van der Waals surface area contributed by atoms with E-state index in [1.807, 2.05) is 51.1 Å². The third-order valence-corrected chi connectivity index (χ3v) is 2.96. The van der Waals surface area contributed by atoms with Crippen LogP contribution in [0.4, 0.5) is 4.79 Å². The van der Waals surface area contributed by atoms with Crippen LogP contribution in [0.5, 0.6) is 5.75 Å². The molecular formula is C17H27NO4. The van der Waals surface area contributed by atoms with Crippen molar-refractivity contribution in [1.29, 1.82) is 0 Å². The monoisotopic (exact) mass is 309 g/mol. The van der Waals surface area contributed by atoms with E-state index in [0.29, 0.717) is 13.2 Å². The Morgan fingerprint density at radius 3 is 2.55 bits per heavy atom. The lowest BCUT2D eigenvalue weighted by Crippen LogP contribution is -2.36. The van der Waals surface area contributed by atoms with Crippen molar-refractivity contribution < 1.29 is 19.4 Å². The van der Waals surface area contributed by atoms with Gasteiger partial charge in [0.25, 0.3) is 0 Å². The van der Waals surface area contributed by atoms with E-state index in [9.17, 15) is 9.90 Å². The van der Waals surface area contributed by atoms with E-state index < -0.39 is 11.7 Å². The van der Waals surface area contributed by atoms with Gasteiger partial charge < -0.3 is 19.9 Å². The summed E-state index contributed by atoms with van der Waals surface area (Å²) in [5.74, 6) is 0.849. The van der Waals surface area contributed by atoms with Gasteiger partial charge in [-0.3, -0.25) is 0 Å². The Kier molecular flexibility index (Phi) is 7.74. The smallest absolute Gasteiger partial charge is 0.407 e. The highest BCUT2D eigenvalue weighted by Crippen LogP contribution is 2.11. The second-order valence-electron chi connectivity index (χ2n) is 6.24. The van der Waals surface area contributed by atoms with Crippen LogP contribution in [-0.4, -0.2) is 36.6 Å². The normalized spacial score (nSPS) is 12.5. The number of carbonyl (C=O) groups is 1. The van der Waals surface area contributed by atoms with Crippen molar-refractivity contribution in [3.05, 3.63) is 30.3 Å². The molecule has 1 aromatic carbocycles. The summed E-state index contributed by atoms with van der Waals surface area (Å²) in [6.07, 6.45) is 1.14. The lowest BCUT2D eigenvalue weighted by atomic mass is 10.0. The molecule has 1 amide bonds. The zero-order valence-electron chi connectivity index (χ0n) is 13.7. The minimum absolute atomic E-state index is 0.00638. The molecule has 0 saturated carbocycles. The van der Waals surface area contributed by atoms with E-state index in [4.69, 9.17) is 9.47 Å². The number of hydrogen-bond acceptors (Lipinski definition) is 4. The number of ether oxygens (including phenoxy) is 2. The minimum atomic E-state index is -0.512. The molecule has 0 fully saturated rings. The minimum Gasteiger partial charge on any atom is -0.494 e. The van der Waals surface area contributed by atoms with Crippen LogP contribution in [-0.2, 0) is 4.74 Å². The topological polar surface area (TPSA) is 67.8 Å². The molecule has 1 rings (SSSR count). The summed E-state index contributed by atoms with van der Waals surface area (Å²) >= 11 is 0. The van der Waals surface area contributed by atoms with Crippen LogP contribution in [0.2, 0.25) is 0 Å². The molecule has 22 heavy (non-hydrogen) atoms. The summed E-state index contributed by atoms with van der Waals surface area (Å²) < 4.78 is 10.8. The second-order valence-corrected chi connectivity index (χ2v) is 6.24. The molecule has 0 aliphatic rings. The Morgan fingerprint density at radius 2 is 1.95 bits per heavy atom. The van der Waals surface area contributed by atoms with E-state index in [1.54, 1.807) is 0 Å². The van der Waals surface area contributed by atoms with Crippen LogP contribution < -0.4 is 10.1 Å². The molecule has 5 nitrogen and oxygen atoms in total. The molecule has 1 atom stereocenters. The molecule has 0 aliphatic carbocycles. The van der Waals surface area contributed by atoms with Crippen LogP contribution in [0.15, 0.2) is 30.3 Å². The fraction of sp³-hybridized carbons (Fsp3) is 0.588. The first-order chi connectivity index (χ1) is 10.4. The molecule has 0 aliphatic heterocycles. The lowest BCUT2D eigenvalue weighted by molar-refractivity contribution is 0.0510. The van der Waals surface area contributed by atoms with Gasteiger partial charge in [-0.1, -0.05) is 18.2 Å². The Hall–Kier alpha value is -1.75. The van der Waals surface area contributed by atoms with E-state index in [1.165, 1.54) is 0 Å². The van der Waals surface area contributed by atoms with Crippen molar-refractivity contribution in [3.63, 3.8) is 0 Å². The number of benzene rings is 1. The Balaban J connectivity index is 2.18. The van der Waals surface area contributed by atoms with E-state index in [0.717, 1.165) is 18.6 Å². The highest BCUT2D eigenvalue weighted by atomic mass is 16.6. The highest BCUT2D eigenvalue weighted by Gasteiger charge is 2.17. The summed E-state index contributed by atoms with van der Waals surface area (Å²) in [7, 11) is 0. The van der Waals surface area contributed by atoms with Gasteiger partial charge in [0.1, 0.15) is 11.4 Å². The first kappa shape index (κ1) is 18.3. The van der Waals surface area contributed by atoms with Crippen LogP contribution in [0.1, 0.15) is 33.6 Å². The predicted octanol–water partition coefficient (Wildman–Crippen LogP) is 2.98. The Labute approximate surface area is 132 Å². The van der Waals surface area contributed by atoms with E-state index in [2.05, 4.69) is 5.32 Å². The van der Waals surface area contributed by atoms with Gasteiger partial charge in [-0.2, -0.15) is 0 Å². The maximum Gasteiger partial charge on any atom is 0.407 e. The zero-order chi connectivity index (χ0) is 16.4. The SMILES string of the molecule is CC(C)(C)OC(=O)NCC(CO)CCCOc1ccccc1. The largest absolute Gasteiger partial charge is 0.494 e. The maximum atomic E-state index is 11.6. The van der Waals surface area contributed by atoms with Crippen LogP contribution in [0.25, 0.3) is 0 Å². The number of aliphatic hydroxyl groups excluding tert-OH is 1. The first-order valence-electron chi connectivity index (χ1n) is 7.66. The van der Waals surface area contributed by atoms with Crippen LogP contribution in [0.3, 0.4) is 0 Å². The number of carbonyl (C=O) groups excluding carboxylic acids is 1. The van der Waals surface area contributed by atoms with Gasteiger partial charge in [0.05, 0.1) is 6.61 Å². The molecule has 124 valence electrons. The molecule has 0 heterocycles. The van der Waals surface area contributed by atoms with Crippen LogP contribution >= 0.6 is 0 Å². The number of aliphatic hydroxyl groups is 1. The molecule has 2 N–H and O–H groups in total. The summed E-state index contributed by atoms with van der Waals surface area (Å²) in [6.45, 7) is 6.47. The van der Waals surface area contributed by atoms with Crippen molar-refractivity contribution in [2.75, 3.05) is 19.8 Å². The van der Waals surface area contributed by atoms with Gasteiger partial charge in [0.2, 0.25) is 0 Å². The standard InChI is InChI=1S/C17H27NO4/c1-17(2,3)22-16(20)18-12-14(13-19)8-7-11-21-15-9-5-4-6-10-15/h4-6,9-10,14,19H,7-8,11-13H2,1-3H3,(H,18,20). The number of para-hydroxylation sites is 1. The van der Waals surface area contributed by atoms with Crippen molar-refractivity contribution in [2.24, 2.45) is 5.92 Å². The molecular weight excluding hydrogens is 282 g/mol. The zero-order valence-corrected chi connectivity index (χ0v) is 13.7. The third kappa shape index (κ3) is 8.52. The van der Waals surface area contributed by atoms with Gasteiger partial charge in [-0.25, -0.2) is 4.79 Å². The molecule has 0 bridgehead atoms. The molecule has 1 unspecified atom stereocenters. The van der Waals surface area contributed by atoms with E-state index >= 15 is 0 Å². The molecule has 1 aromatic rings. The Bertz CT molecular complexity index is 428. The van der Waals surface area contributed by atoms with Crippen molar-refractivity contribution >= 4 is 6.09 Å². The second kappa shape index (κ2) is 9.30. The average molecular weight is 309 g/mol. The molecule has 5 heteroatoms. The summed E-state index contributed by atoms with van der Waals surface area (Å²) in [5, 5.41) is 12.0. The molecule has 0 saturated heterocycles. The molecule has 0 radical (unpaired) electrons. The predicted molar refractivity (Wildman–Crippen MR) is 86.0 cm³/mol. The van der Waals surface area contributed by atoms with Crippen molar-refractivity contribution in [2.45, 2.75) is 39.2 Å². The number of amides is 1. The number of hydrogen-bond donors (Lipinski definition) is 2. The summed E-state index contributed by atoms with van der Waals surface area (Å²) in [4.78, 5) is 11.6. The number of rotatable bonds is 8. The fourth-order valence-electron chi connectivity index (χ4n) is 1.88. The van der Waals surface area contributed by atoms with Gasteiger partial charge >= 0.3 is 6.09 Å².